The molecule has 0 N–H and O–H groups in total. The zero-order chi connectivity index (χ0) is 19.3. The van der Waals surface area contributed by atoms with Crippen LogP contribution in [0.4, 0.5) is 0 Å². The van der Waals surface area contributed by atoms with Crippen LogP contribution in [0.3, 0.4) is 0 Å². The topological polar surface area (TPSA) is 63.7 Å². The van der Waals surface area contributed by atoms with E-state index in [0.717, 1.165) is 24.2 Å². The van der Waals surface area contributed by atoms with Gasteiger partial charge in [-0.25, -0.2) is 8.42 Å². The fraction of sp³-hybridized carbons (Fsp3) is 0.381. The normalized spacial score (nSPS) is 17.1. The van der Waals surface area contributed by atoms with Crippen LogP contribution in [-0.2, 0) is 21.1 Å². The molecule has 1 aliphatic heterocycles. The van der Waals surface area contributed by atoms with E-state index in [2.05, 4.69) is 0 Å². The molecule has 1 heterocycles. The molecule has 0 unspecified atom stereocenters. The summed E-state index contributed by atoms with van der Waals surface area (Å²) in [5, 5.41) is 0. The van der Waals surface area contributed by atoms with Gasteiger partial charge in [0.15, 0.2) is 9.84 Å². The smallest absolute Gasteiger partial charge is 0.227 e. The maximum absolute atomic E-state index is 12.8. The molecule has 3 rings (SSSR count). The van der Waals surface area contributed by atoms with E-state index in [1.165, 1.54) is 0 Å². The highest BCUT2D eigenvalue weighted by Gasteiger charge is 2.32. The van der Waals surface area contributed by atoms with Crippen molar-refractivity contribution in [3.63, 3.8) is 0 Å². The third kappa shape index (κ3) is 4.89. The van der Waals surface area contributed by atoms with Crippen molar-refractivity contribution in [1.29, 1.82) is 0 Å². The zero-order valence-electron chi connectivity index (χ0n) is 15.5. The van der Waals surface area contributed by atoms with Crippen LogP contribution in [-0.4, -0.2) is 44.2 Å². The predicted molar refractivity (Wildman–Crippen MR) is 105 cm³/mol. The fourth-order valence-corrected chi connectivity index (χ4v) is 5.08. The van der Waals surface area contributed by atoms with Gasteiger partial charge in [0.2, 0.25) is 5.91 Å². The van der Waals surface area contributed by atoms with E-state index in [1.807, 2.05) is 31.2 Å². The third-order valence-electron chi connectivity index (χ3n) is 4.80. The van der Waals surface area contributed by atoms with E-state index < -0.39 is 9.84 Å². The van der Waals surface area contributed by atoms with Gasteiger partial charge in [-0.15, -0.1) is 0 Å². The standard InChI is InChI=1S/C21H25NO4S/c1-2-26-19-12-10-17(11-13-19)15-21(23)22-14-6-7-18(22)16-27(24,25)20-8-4-3-5-9-20/h3-5,8-13,18H,2,6-7,14-16H2,1H3/t18-/m1/s1. The molecule has 1 fully saturated rings. The van der Waals surface area contributed by atoms with Gasteiger partial charge in [-0.05, 0) is 49.6 Å². The zero-order valence-corrected chi connectivity index (χ0v) is 16.3. The Balaban J connectivity index is 1.66. The van der Waals surface area contributed by atoms with Crippen molar-refractivity contribution >= 4 is 15.7 Å². The van der Waals surface area contributed by atoms with Crippen LogP contribution in [0, 0.1) is 0 Å². The van der Waals surface area contributed by atoms with Crippen LogP contribution in [0.5, 0.6) is 5.75 Å². The van der Waals surface area contributed by atoms with Crippen molar-refractivity contribution in [3.05, 3.63) is 60.2 Å². The number of amides is 1. The number of likely N-dealkylation sites (tertiary alicyclic amines) is 1. The molecular weight excluding hydrogens is 362 g/mol. The molecule has 0 saturated carbocycles. The summed E-state index contributed by atoms with van der Waals surface area (Å²) in [6, 6.07) is 15.7. The summed E-state index contributed by atoms with van der Waals surface area (Å²) < 4.78 is 30.7. The number of rotatable bonds is 7. The Hall–Kier alpha value is -2.34. The van der Waals surface area contributed by atoms with E-state index in [1.54, 1.807) is 35.2 Å². The van der Waals surface area contributed by atoms with Crippen molar-refractivity contribution in [3.8, 4) is 5.75 Å². The number of sulfone groups is 1. The number of nitrogens with zero attached hydrogens (tertiary/aromatic N) is 1. The van der Waals surface area contributed by atoms with Crippen LogP contribution in [0.15, 0.2) is 59.5 Å². The summed E-state index contributed by atoms with van der Waals surface area (Å²) in [5.41, 5.74) is 0.903. The van der Waals surface area contributed by atoms with Gasteiger partial charge in [-0.2, -0.15) is 0 Å². The lowest BCUT2D eigenvalue weighted by atomic mass is 10.1. The van der Waals surface area contributed by atoms with Gasteiger partial charge < -0.3 is 9.64 Å². The number of carbonyl (C=O) groups is 1. The summed E-state index contributed by atoms with van der Waals surface area (Å²) >= 11 is 0. The van der Waals surface area contributed by atoms with Crippen molar-refractivity contribution in [2.24, 2.45) is 0 Å². The molecule has 0 aromatic heterocycles. The largest absolute Gasteiger partial charge is 0.494 e. The number of ether oxygens (including phenoxy) is 1. The van der Waals surface area contributed by atoms with Crippen LogP contribution < -0.4 is 4.74 Å². The molecule has 1 aliphatic rings. The molecule has 27 heavy (non-hydrogen) atoms. The molecule has 0 aliphatic carbocycles. The Morgan fingerprint density at radius 3 is 2.48 bits per heavy atom. The van der Waals surface area contributed by atoms with E-state index in [0.29, 0.717) is 18.0 Å². The first kappa shape index (κ1) is 19.4. The van der Waals surface area contributed by atoms with Gasteiger partial charge in [0.1, 0.15) is 5.75 Å². The minimum absolute atomic E-state index is 0.0218. The molecule has 2 aromatic rings. The molecule has 1 saturated heterocycles. The molecule has 1 atom stereocenters. The third-order valence-corrected chi connectivity index (χ3v) is 6.62. The summed E-state index contributed by atoms with van der Waals surface area (Å²) in [6.45, 7) is 3.14. The van der Waals surface area contributed by atoms with E-state index in [-0.39, 0.29) is 24.1 Å². The molecule has 144 valence electrons. The van der Waals surface area contributed by atoms with Crippen LogP contribution in [0.25, 0.3) is 0 Å². The first-order chi connectivity index (χ1) is 13.0. The highest BCUT2D eigenvalue weighted by molar-refractivity contribution is 7.91. The minimum atomic E-state index is -3.41. The molecule has 0 bridgehead atoms. The minimum Gasteiger partial charge on any atom is -0.494 e. The summed E-state index contributed by atoms with van der Waals surface area (Å²) in [4.78, 5) is 14.8. The molecular formula is C21H25NO4S. The Labute approximate surface area is 160 Å². The van der Waals surface area contributed by atoms with E-state index >= 15 is 0 Å². The maximum atomic E-state index is 12.8. The number of benzene rings is 2. The second kappa shape index (κ2) is 8.57. The van der Waals surface area contributed by atoms with E-state index in [9.17, 15) is 13.2 Å². The highest BCUT2D eigenvalue weighted by Crippen LogP contribution is 2.23. The summed E-state index contributed by atoms with van der Waals surface area (Å²) in [5.74, 6) is 0.734. The van der Waals surface area contributed by atoms with Crippen molar-refractivity contribution < 1.29 is 17.9 Å². The second-order valence-electron chi connectivity index (χ2n) is 6.73. The van der Waals surface area contributed by atoms with Crippen molar-refractivity contribution in [2.45, 2.75) is 37.1 Å². The second-order valence-corrected chi connectivity index (χ2v) is 8.77. The molecule has 6 heteroatoms. The fourth-order valence-electron chi connectivity index (χ4n) is 3.46. The molecule has 0 radical (unpaired) electrons. The lowest BCUT2D eigenvalue weighted by molar-refractivity contribution is -0.130. The summed E-state index contributed by atoms with van der Waals surface area (Å²) in [6.07, 6.45) is 1.83. The van der Waals surface area contributed by atoms with Gasteiger partial charge in [-0.1, -0.05) is 30.3 Å². The average molecular weight is 388 g/mol. The van der Waals surface area contributed by atoms with Gasteiger partial charge >= 0.3 is 0 Å². The van der Waals surface area contributed by atoms with Gasteiger partial charge in [0.25, 0.3) is 0 Å². The molecule has 0 spiro atoms. The van der Waals surface area contributed by atoms with Crippen LogP contribution in [0.1, 0.15) is 25.3 Å². The highest BCUT2D eigenvalue weighted by atomic mass is 32.2. The Bertz CT molecular complexity index is 863. The maximum Gasteiger partial charge on any atom is 0.227 e. The first-order valence-electron chi connectivity index (χ1n) is 9.28. The molecule has 1 amide bonds. The first-order valence-corrected chi connectivity index (χ1v) is 10.9. The lowest BCUT2D eigenvalue weighted by Gasteiger charge is -2.25. The van der Waals surface area contributed by atoms with Gasteiger partial charge in [0, 0.05) is 12.6 Å². The van der Waals surface area contributed by atoms with E-state index in [4.69, 9.17) is 4.74 Å². The quantitative estimate of drug-likeness (QED) is 0.732. The monoisotopic (exact) mass is 387 g/mol. The van der Waals surface area contributed by atoms with Crippen molar-refractivity contribution in [2.75, 3.05) is 18.9 Å². The SMILES string of the molecule is CCOc1ccc(CC(=O)N2CCC[C@@H]2CS(=O)(=O)c2ccccc2)cc1. The van der Waals surface area contributed by atoms with Crippen molar-refractivity contribution in [1.82, 2.24) is 4.90 Å². The number of hydrogen-bond acceptors (Lipinski definition) is 4. The molecule has 5 nitrogen and oxygen atoms in total. The lowest BCUT2D eigenvalue weighted by Crippen LogP contribution is -2.40. The van der Waals surface area contributed by atoms with Gasteiger partial charge in [0.05, 0.1) is 23.7 Å². The van der Waals surface area contributed by atoms with Crippen LogP contribution >= 0.6 is 0 Å². The average Bonchev–Trinajstić information content (AvgIpc) is 3.12. The Kier molecular flexibility index (Phi) is 6.16. The summed E-state index contributed by atoms with van der Waals surface area (Å²) in [7, 11) is -3.41. The van der Waals surface area contributed by atoms with Gasteiger partial charge in [-0.3, -0.25) is 4.79 Å². The Morgan fingerprint density at radius 1 is 1.11 bits per heavy atom. The Morgan fingerprint density at radius 2 is 1.81 bits per heavy atom. The van der Waals surface area contributed by atoms with Crippen LogP contribution in [0.2, 0.25) is 0 Å². The number of carbonyl (C=O) groups excluding carboxylic acids is 1. The molecule has 2 aromatic carbocycles. The number of hydrogen-bond donors (Lipinski definition) is 0. The predicted octanol–water partition coefficient (Wildman–Crippen LogP) is 3.09.